The third-order valence-corrected chi connectivity index (χ3v) is 2.18. The van der Waals surface area contributed by atoms with Crippen LogP contribution in [0.4, 0.5) is 0 Å². The Balaban J connectivity index is 2.73. The molecule has 1 saturated heterocycles. The highest BCUT2D eigenvalue weighted by molar-refractivity contribution is 5.80. The molecular formula is C9H16N2O. The standard InChI is InChI=1S/C9H16N2O/c1-4-5-11-8(12)6-10-7-9(11,2)3/h4,10H,1,5-7H2,2-3H3. The van der Waals surface area contributed by atoms with Crippen molar-refractivity contribution in [3.8, 4) is 0 Å². The fourth-order valence-corrected chi connectivity index (χ4v) is 1.48. The Morgan fingerprint density at radius 2 is 2.42 bits per heavy atom. The monoisotopic (exact) mass is 168 g/mol. The van der Waals surface area contributed by atoms with Crippen LogP contribution in [0.2, 0.25) is 0 Å². The van der Waals surface area contributed by atoms with E-state index in [4.69, 9.17) is 0 Å². The van der Waals surface area contributed by atoms with Gasteiger partial charge in [0, 0.05) is 13.1 Å². The SMILES string of the molecule is C=CCN1C(=O)CNCC1(C)C. The zero-order chi connectivity index (χ0) is 9.19. The van der Waals surface area contributed by atoms with E-state index in [1.54, 1.807) is 6.08 Å². The van der Waals surface area contributed by atoms with E-state index < -0.39 is 0 Å². The maximum atomic E-state index is 11.4. The van der Waals surface area contributed by atoms with Gasteiger partial charge in [-0.15, -0.1) is 6.58 Å². The Kier molecular flexibility index (Phi) is 2.52. The predicted octanol–water partition coefficient (Wildman–Crippen LogP) is 0.383. The lowest BCUT2D eigenvalue weighted by Crippen LogP contribution is -2.60. The van der Waals surface area contributed by atoms with Crippen LogP contribution < -0.4 is 5.32 Å². The first-order valence-electron chi connectivity index (χ1n) is 4.20. The van der Waals surface area contributed by atoms with Crippen molar-refractivity contribution in [1.29, 1.82) is 0 Å². The number of hydrogen-bond donors (Lipinski definition) is 1. The molecule has 0 spiro atoms. The number of carbonyl (C=O) groups is 1. The summed E-state index contributed by atoms with van der Waals surface area (Å²) < 4.78 is 0. The number of hydrogen-bond acceptors (Lipinski definition) is 2. The Bertz CT molecular complexity index is 199. The Hall–Kier alpha value is -0.830. The molecule has 0 bridgehead atoms. The van der Waals surface area contributed by atoms with Gasteiger partial charge in [-0.2, -0.15) is 0 Å². The summed E-state index contributed by atoms with van der Waals surface area (Å²) in [6.07, 6.45) is 1.77. The average molecular weight is 168 g/mol. The number of carbonyl (C=O) groups excluding carboxylic acids is 1. The van der Waals surface area contributed by atoms with Gasteiger partial charge < -0.3 is 10.2 Å². The van der Waals surface area contributed by atoms with Crippen molar-refractivity contribution >= 4 is 5.91 Å². The number of amides is 1. The molecule has 1 aliphatic rings. The van der Waals surface area contributed by atoms with E-state index in [-0.39, 0.29) is 11.4 Å². The van der Waals surface area contributed by atoms with Crippen LogP contribution in [-0.4, -0.2) is 36.0 Å². The van der Waals surface area contributed by atoms with Crippen molar-refractivity contribution in [2.45, 2.75) is 19.4 Å². The van der Waals surface area contributed by atoms with Crippen molar-refractivity contribution in [2.24, 2.45) is 0 Å². The van der Waals surface area contributed by atoms with Crippen LogP contribution in [0.25, 0.3) is 0 Å². The van der Waals surface area contributed by atoms with E-state index in [0.717, 1.165) is 6.54 Å². The lowest BCUT2D eigenvalue weighted by molar-refractivity contribution is -0.137. The molecule has 1 aliphatic heterocycles. The molecule has 1 heterocycles. The summed E-state index contributed by atoms with van der Waals surface area (Å²) >= 11 is 0. The van der Waals surface area contributed by atoms with Crippen molar-refractivity contribution in [3.63, 3.8) is 0 Å². The van der Waals surface area contributed by atoms with E-state index in [0.29, 0.717) is 13.1 Å². The Labute approximate surface area is 73.4 Å². The summed E-state index contributed by atoms with van der Waals surface area (Å²) in [6.45, 7) is 9.71. The summed E-state index contributed by atoms with van der Waals surface area (Å²) in [7, 11) is 0. The van der Waals surface area contributed by atoms with E-state index in [1.165, 1.54) is 0 Å². The van der Waals surface area contributed by atoms with E-state index >= 15 is 0 Å². The van der Waals surface area contributed by atoms with Crippen LogP contribution in [0, 0.1) is 0 Å². The molecule has 1 fully saturated rings. The minimum absolute atomic E-state index is 0.0798. The van der Waals surface area contributed by atoms with Crippen LogP contribution in [0.15, 0.2) is 12.7 Å². The van der Waals surface area contributed by atoms with Gasteiger partial charge in [-0.3, -0.25) is 4.79 Å². The summed E-state index contributed by atoms with van der Waals surface area (Å²) in [5.74, 6) is 0.158. The second kappa shape index (κ2) is 3.27. The van der Waals surface area contributed by atoms with Crippen molar-refractivity contribution < 1.29 is 4.79 Å². The quantitative estimate of drug-likeness (QED) is 0.605. The second-order valence-electron chi connectivity index (χ2n) is 3.71. The van der Waals surface area contributed by atoms with E-state index in [9.17, 15) is 4.79 Å². The van der Waals surface area contributed by atoms with Gasteiger partial charge in [0.15, 0.2) is 0 Å². The summed E-state index contributed by atoms with van der Waals surface area (Å²) in [4.78, 5) is 13.3. The van der Waals surface area contributed by atoms with Gasteiger partial charge in [-0.1, -0.05) is 6.08 Å². The van der Waals surface area contributed by atoms with Gasteiger partial charge in [0.2, 0.25) is 5.91 Å². The zero-order valence-corrected chi connectivity index (χ0v) is 7.76. The predicted molar refractivity (Wildman–Crippen MR) is 48.9 cm³/mol. The van der Waals surface area contributed by atoms with Crippen molar-refractivity contribution in [3.05, 3.63) is 12.7 Å². The number of rotatable bonds is 2. The van der Waals surface area contributed by atoms with Crippen molar-refractivity contribution in [1.82, 2.24) is 10.2 Å². The number of piperazine rings is 1. The van der Waals surface area contributed by atoms with Gasteiger partial charge >= 0.3 is 0 Å². The van der Waals surface area contributed by atoms with Gasteiger partial charge in [-0.05, 0) is 13.8 Å². The molecule has 0 saturated carbocycles. The van der Waals surface area contributed by atoms with Crippen LogP contribution in [0.3, 0.4) is 0 Å². The van der Waals surface area contributed by atoms with Gasteiger partial charge in [0.05, 0.1) is 12.1 Å². The van der Waals surface area contributed by atoms with Crippen LogP contribution in [-0.2, 0) is 4.79 Å². The molecule has 0 radical (unpaired) electrons. The molecule has 1 rings (SSSR count). The molecule has 0 aromatic carbocycles. The topological polar surface area (TPSA) is 32.3 Å². The molecule has 0 aromatic heterocycles. The molecule has 68 valence electrons. The highest BCUT2D eigenvalue weighted by Gasteiger charge is 2.33. The van der Waals surface area contributed by atoms with Crippen molar-refractivity contribution in [2.75, 3.05) is 19.6 Å². The molecule has 12 heavy (non-hydrogen) atoms. The molecule has 0 unspecified atom stereocenters. The normalized spacial score (nSPS) is 22.5. The van der Waals surface area contributed by atoms with Gasteiger partial charge in [-0.25, -0.2) is 0 Å². The average Bonchev–Trinajstić information content (AvgIpc) is 1.97. The molecule has 3 nitrogen and oxygen atoms in total. The van der Waals surface area contributed by atoms with Crippen LogP contribution in [0.5, 0.6) is 0 Å². The van der Waals surface area contributed by atoms with E-state index in [2.05, 4.69) is 25.7 Å². The first-order valence-corrected chi connectivity index (χ1v) is 4.20. The smallest absolute Gasteiger partial charge is 0.237 e. The molecule has 1 N–H and O–H groups in total. The van der Waals surface area contributed by atoms with Gasteiger partial charge in [0.25, 0.3) is 0 Å². The molecular weight excluding hydrogens is 152 g/mol. The van der Waals surface area contributed by atoms with Gasteiger partial charge in [0.1, 0.15) is 0 Å². The summed E-state index contributed by atoms with van der Waals surface area (Å²) in [5.41, 5.74) is -0.0798. The Morgan fingerprint density at radius 1 is 1.75 bits per heavy atom. The molecule has 0 aromatic rings. The number of nitrogens with one attached hydrogen (secondary N) is 1. The van der Waals surface area contributed by atoms with Crippen LogP contribution >= 0.6 is 0 Å². The summed E-state index contributed by atoms with van der Waals surface area (Å²) in [6, 6.07) is 0. The fourth-order valence-electron chi connectivity index (χ4n) is 1.48. The minimum atomic E-state index is -0.0798. The summed E-state index contributed by atoms with van der Waals surface area (Å²) in [5, 5.41) is 3.09. The third-order valence-electron chi connectivity index (χ3n) is 2.18. The Morgan fingerprint density at radius 3 is 2.92 bits per heavy atom. The van der Waals surface area contributed by atoms with E-state index in [1.807, 2.05) is 4.90 Å². The first kappa shape index (κ1) is 9.26. The fraction of sp³-hybridized carbons (Fsp3) is 0.667. The molecule has 0 aliphatic carbocycles. The maximum Gasteiger partial charge on any atom is 0.237 e. The highest BCUT2D eigenvalue weighted by Crippen LogP contribution is 2.16. The lowest BCUT2D eigenvalue weighted by atomic mass is 10.00. The lowest BCUT2D eigenvalue weighted by Gasteiger charge is -2.42. The maximum absolute atomic E-state index is 11.4. The zero-order valence-electron chi connectivity index (χ0n) is 7.76. The van der Waals surface area contributed by atoms with Crippen LogP contribution in [0.1, 0.15) is 13.8 Å². The molecule has 0 atom stereocenters. The highest BCUT2D eigenvalue weighted by atomic mass is 16.2. The number of nitrogens with zero attached hydrogens (tertiary/aromatic N) is 1. The minimum Gasteiger partial charge on any atom is -0.331 e. The first-order chi connectivity index (χ1) is 5.58. The third kappa shape index (κ3) is 1.67. The molecule has 1 amide bonds. The largest absolute Gasteiger partial charge is 0.331 e. The molecule has 3 heteroatoms. The second-order valence-corrected chi connectivity index (χ2v) is 3.71.